The van der Waals surface area contributed by atoms with E-state index in [-0.39, 0.29) is 11.4 Å². The number of aromatic nitrogens is 3. The lowest BCUT2D eigenvalue weighted by atomic mass is 10.1. The maximum absolute atomic E-state index is 11.3. The number of carbonyl (C=O) groups excluding carboxylic acids is 1. The first kappa shape index (κ1) is 14.5. The van der Waals surface area contributed by atoms with Crippen molar-refractivity contribution >= 4 is 11.9 Å². The van der Waals surface area contributed by atoms with E-state index in [1.807, 2.05) is 0 Å². The van der Waals surface area contributed by atoms with Crippen molar-refractivity contribution in [2.45, 2.75) is 13.0 Å². The second kappa shape index (κ2) is 5.61. The molecule has 0 radical (unpaired) electrons. The first-order valence-electron chi connectivity index (χ1n) is 6.08. The summed E-state index contributed by atoms with van der Waals surface area (Å²) < 4.78 is 6.31. The van der Waals surface area contributed by atoms with E-state index in [1.54, 1.807) is 24.3 Å². The molecule has 8 nitrogen and oxygen atoms in total. The predicted molar refractivity (Wildman–Crippen MR) is 72.9 cm³/mol. The molecule has 1 amide bonds. The molecule has 2 aromatic rings. The van der Waals surface area contributed by atoms with Gasteiger partial charge in [-0.05, 0) is 19.1 Å². The number of carboxylic acid groups (broad SMARTS) is 1. The molecule has 3 N–H and O–H groups in total. The van der Waals surface area contributed by atoms with E-state index < -0.39 is 17.9 Å². The highest BCUT2D eigenvalue weighted by Gasteiger charge is 2.25. The van der Waals surface area contributed by atoms with Gasteiger partial charge in [0.2, 0.25) is 5.91 Å². The molecular weight excluding hydrogens is 276 g/mol. The monoisotopic (exact) mass is 290 g/mol. The number of hydrogen-bond acceptors (Lipinski definition) is 5. The van der Waals surface area contributed by atoms with Gasteiger partial charge in [0, 0.05) is 5.56 Å². The lowest BCUT2D eigenvalue weighted by molar-refractivity contribution is -0.120. The Hall–Kier alpha value is -2.90. The van der Waals surface area contributed by atoms with Crippen LogP contribution in [0.25, 0.3) is 11.3 Å². The second-order valence-corrected chi connectivity index (χ2v) is 4.35. The van der Waals surface area contributed by atoms with Gasteiger partial charge < -0.3 is 15.6 Å². The molecule has 1 aromatic heterocycles. The largest absolute Gasteiger partial charge is 0.497 e. The fourth-order valence-electron chi connectivity index (χ4n) is 1.87. The van der Waals surface area contributed by atoms with Gasteiger partial charge >= 0.3 is 5.97 Å². The summed E-state index contributed by atoms with van der Waals surface area (Å²) in [5.74, 6) is -1.33. The van der Waals surface area contributed by atoms with Crippen LogP contribution >= 0.6 is 0 Å². The maximum atomic E-state index is 11.3. The Labute approximate surface area is 120 Å². The van der Waals surface area contributed by atoms with Gasteiger partial charge in [0.15, 0.2) is 5.69 Å². The Morgan fingerprint density at radius 3 is 2.71 bits per heavy atom. The van der Waals surface area contributed by atoms with Crippen LogP contribution in [0, 0.1) is 0 Å². The summed E-state index contributed by atoms with van der Waals surface area (Å²) in [7, 11) is 1.50. The summed E-state index contributed by atoms with van der Waals surface area (Å²) in [4.78, 5) is 22.6. The van der Waals surface area contributed by atoms with Gasteiger partial charge in [-0.15, -0.1) is 5.10 Å². The van der Waals surface area contributed by atoms with Crippen molar-refractivity contribution < 1.29 is 19.4 Å². The molecule has 0 spiro atoms. The highest BCUT2D eigenvalue weighted by atomic mass is 16.5. The van der Waals surface area contributed by atoms with E-state index in [0.717, 1.165) is 0 Å². The van der Waals surface area contributed by atoms with E-state index in [2.05, 4.69) is 10.3 Å². The molecule has 0 saturated heterocycles. The number of nitrogens with two attached hydrogens (primary N) is 1. The number of aromatic carboxylic acids is 1. The summed E-state index contributed by atoms with van der Waals surface area (Å²) >= 11 is 0. The van der Waals surface area contributed by atoms with Crippen LogP contribution in [0.2, 0.25) is 0 Å². The number of benzene rings is 1. The Bertz CT molecular complexity index is 695. The zero-order valence-corrected chi connectivity index (χ0v) is 11.5. The smallest absolute Gasteiger partial charge is 0.358 e. The predicted octanol–water partition coefficient (Wildman–Crippen LogP) is 0.698. The highest BCUT2D eigenvalue weighted by Crippen LogP contribution is 2.28. The van der Waals surface area contributed by atoms with Gasteiger partial charge in [-0.2, -0.15) is 0 Å². The lowest BCUT2D eigenvalue weighted by Crippen LogP contribution is -2.25. The number of carbonyl (C=O) groups is 2. The molecule has 1 heterocycles. The van der Waals surface area contributed by atoms with Crippen molar-refractivity contribution in [2.75, 3.05) is 7.11 Å². The van der Waals surface area contributed by atoms with Crippen molar-refractivity contribution in [3.8, 4) is 17.0 Å². The minimum absolute atomic E-state index is 0.202. The van der Waals surface area contributed by atoms with Gasteiger partial charge in [-0.25, -0.2) is 9.48 Å². The Kier molecular flexibility index (Phi) is 3.88. The summed E-state index contributed by atoms with van der Waals surface area (Å²) in [5.41, 5.74) is 5.72. The number of ether oxygens (including phenoxy) is 1. The molecule has 2 rings (SSSR count). The van der Waals surface area contributed by atoms with E-state index in [9.17, 15) is 14.7 Å². The Morgan fingerprint density at radius 2 is 2.14 bits per heavy atom. The van der Waals surface area contributed by atoms with Gasteiger partial charge in [0.1, 0.15) is 17.5 Å². The number of rotatable bonds is 5. The minimum atomic E-state index is -1.24. The molecule has 1 aromatic carbocycles. The van der Waals surface area contributed by atoms with Gasteiger partial charge in [0.05, 0.1) is 7.11 Å². The third kappa shape index (κ3) is 2.69. The first-order chi connectivity index (χ1) is 9.95. The molecule has 0 aliphatic carbocycles. The fraction of sp³-hybridized carbons (Fsp3) is 0.231. The molecule has 0 aliphatic heterocycles. The van der Waals surface area contributed by atoms with Crippen molar-refractivity contribution in [3.05, 3.63) is 30.0 Å². The summed E-state index contributed by atoms with van der Waals surface area (Å²) in [5, 5.41) is 16.6. The van der Waals surface area contributed by atoms with Gasteiger partial charge in [-0.1, -0.05) is 17.3 Å². The molecule has 8 heteroatoms. The molecule has 0 fully saturated rings. The second-order valence-electron chi connectivity index (χ2n) is 4.35. The zero-order chi connectivity index (χ0) is 15.6. The molecular formula is C13H14N4O4. The van der Waals surface area contributed by atoms with E-state index >= 15 is 0 Å². The molecule has 21 heavy (non-hydrogen) atoms. The quantitative estimate of drug-likeness (QED) is 0.836. The lowest BCUT2D eigenvalue weighted by Gasteiger charge is -2.12. The van der Waals surface area contributed by atoms with Crippen molar-refractivity contribution in [1.29, 1.82) is 0 Å². The average molecular weight is 290 g/mol. The number of nitrogens with zero attached hydrogens (tertiary/aromatic N) is 3. The van der Waals surface area contributed by atoms with Crippen LogP contribution in [0.15, 0.2) is 24.3 Å². The molecule has 1 unspecified atom stereocenters. The molecule has 0 saturated carbocycles. The van der Waals surface area contributed by atoms with Gasteiger partial charge in [-0.3, -0.25) is 4.79 Å². The Morgan fingerprint density at radius 1 is 1.43 bits per heavy atom. The van der Waals surface area contributed by atoms with Crippen LogP contribution in [-0.4, -0.2) is 39.1 Å². The van der Waals surface area contributed by atoms with Crippen LogP contribution in [0.4, 0.5) is 0 Å². The number of carboxylic acids is 1. The minimum Gasteiger partial charge on any atom is -0.497 e. The van der Waals surface area contributed by atoms with Crippen LogP contribution in [0.3, 0.4) is 0 Å². The third-order valence-electron chi connectivity index (χ3n) is 3.02. The summed E-state index contributed by atoms with van der Waals surface area (Å²) in [6.07, 6.45) is 0. The molecule has 0 bridgehead atoms. The Balaban J connectivity index is 2.66. The number of hydrogen-bond donors (Lipinski definition) is 2. The van der Waals surface area contributed by atoms with Crippen LogP contribution in [-0.2, 0) is 4.79 Å². The average Bonchev–Trinajstić information content (AvgIpc) is 2.91. The SMILES string of the molecule is COc1cccc(-c2c(C(=O)O)nnn2C(C)C(N)=O)c1. The first-order valence-corrected chi connectivity index (χ1v) is 6.08. The number of methoxy groups -OCH3 is 1. The van der Waals surface area contributed by atoms with Crippen molar-refractivity contribution in [3.63, 3.8) is 0 Å². The van der Waals surface area contributed by atoms with E-state index in [0.29, 0.717) is 11.3 Å². The highest BCUT2D eigenvalue weighted by molar-refractivity contribution is 5.93. The normalized spacial score (nSPS) is 11.9. The summed E-state index contributed by atoms with van der Waals surface area (Å²) in [6, 6.07) is 5.90. The zero-order valence-electron chi connectivity index (χ0n) is 11.5. The standard InChI is InChI=1S/C13H14N4O4/c1-7(12(14)18)17-11(10(13(19)20)15-16-17)8-4-3-5-9(6-8)21-2/h3-7H,1-2H3,(H2,14,18)(H,19,20). The van der Waals surface area contributed by atoms with Gasteiger partial charge in [0.25, 0.3) is 0 Å². The van der Waals surface area contributed by atoms with Crippen molar-refractivity contribution in [1.82, 2.24) is 15.0 Å². The van der Waals surface area contributed by atoms with Crippen LogP contribution < -0.4 is 10.5 Å². The van der Waals surface area contributed by atoms with Crippen LogP contribution in [0.1, 0.15) is 23.5 Å². The van der Waals surface area contributed by atoms with E-state index in [1.165, 1.54) is 18.7 Å². The molecule has 110 valence electrons. The van der Waals surface area contributed by atoms with Crippen LogP contribution in [0.5, 0.6) is 5.75 Å². The van der Waals surface area contributed by atoms with Crippen molar-refractivity contribution in [2.24, 2.45) is 5.73 Å². The topological polar surface area (TPSA) is 120 Å². The number of amides is 1. The van der Waals surface area contributed by atoms with E-state index in [4.69, 9.17) is 10.5 Å². The fourth-order valence-corrected chi connectivity index (χ4v) is 1.87. The summed E-state index contributed by atoms with van der Waals surface area (Å²) in [6.45, 7) is 1.52. The third-order valence-corrected chi connectivity index (χ3v) is 3.02. The molecule has 0 aliphatic rings. The number of primary amides is 1. The maximum Gasteiger partial charge on any atom is 0.358 e. The molecule has 1 atom stereocenters.